The Kier molecular flexibility index (Phi) is 3.69. The first-order chi connectivity index (χ1) is 7.79. The van der Waals surface area contributed by atoms with E-state index in [0.29, 0.717) is 18.2 Å². The van der Waals surface area contributed by atoms with Crippen molar-refractivity contribution in [2.75, 3.05) is 20.2 Å². The molecule has 1 heterocycles. The minimum atomic E-state index is -0.105. The van der Waals surface area contributed by atoms with E-state index in [-0.39, 0.29) is 6.61 Å². The van der Waals surface area contributed by atoms with Crippen molar-refractivity contribution >= 4 is 0 Å². The molecule has 2 rings (SSSR count). The number of aromatic nitrogens is 2. The maximum Gasteiger partial charge on any atom is 0.232 e. The van der Waals surface area contributed by atoms with Crippen molar-refractivity contribution in [2.24, 2.45) is 0 Å². The van der Waals surface area contributed by atoms with Crippen LogP contribution in [0.15, 0.2) is 12.4 Å². The SMILES string of the molecule is CN(CCOc1cncc(CO)n1)C1CC1. The van der Waals surface area contributed by atoms with Crippen molar-refractivity contribution in [3.63, 3.8) is 0 Å². The number of likely N-dealkylation sites (N-methyl/N-ethyl adjacent to an activating group) is 1. The van der Waals surface area contributed by atoms with E-state index in [1.54, 1.807) is 6.20 Å². The molecule has 1 saturated carbocycles. The topological polar surface area (TPSA) is 58.5 Å². The highest BCUT2D eigenvalue weighted by Gasteiger charge is 2.25. The highest BCUT2D eigenvalue weighted by Crippen LogP contribution is 2.24. The summed E-state index contributed by atoms with van der Waals surface area (Å²) in [4.78, 5) is 10.3. The van der Waals surface area contributed by atoms with Crippen LogP contribution in [0.5, 0.6) is 5.88 Å². The van der Waals surface area contributed by atoms with Gasteiger partial charge in [0.25, 0.3) is 0 Å². The fourth-order valence-corrected chi connectivity index (χ4v) is 1.52. The Morgan fingerprint density at radius 2 is 2.31 bits per heavy atom. The number of nitrogens with zero attached hydrogens (tertiary/aromatic N) is 3. The number of hydrogen-bond acceptors (Lipinski definition) is 5. The minimum absolute atomic E-state index is 0.105. The van der Waals surface area contributed by atoms with Gasteiger partial charge in [-0.1, -0.05) is 0 Å². The van der Waals surface area contributed by atoms with Crippen molar-refractivity contribution < 1.29 is 9.84 Å². The Morgan fingerprint density at radius 3 is 3.00 bits per heavy atom. The molecular weight excluding hydrogens is 206 g/mol. The van der Waals surface area contributed by atoms with E-state index in [2.05, 4.69) is 21.9 Å². The first-order valence-electron chi connectivity index (χ1n) is 5.54. The van der Waals surface area contributed by atoms with E-state index in [4.69, 9.17) is 9.84 Å². The summed E-state index contributed by atoms with van der Waals surface area (Å²) in [6, 6.07) is 0.749. The number of aliphatic hydroxyl groups is 1. The lowest BCUT2D eigenvalue weighted by Crippen LogP contribution is -2.26. The molecule has 0 bridgehead atoms. The predicted octanol–water partition coefficient (Wildman–Crippen LogP) is 0.442. The van der Waals surface area contributed by atoms with Crippen LogP contribution >= 0.6 is 0 Å². The zero-order valence-electron chi connectivity index (χ0n) is 9.46. The van der Waals surface area contributed by atoms with Gasteiger partial charge in [0, 0.05) is 12.6 Å². The standard InChI is InChI=1S/C11H17N3O2/c1-14(10-2-3-10)4-5-16-11-7-12-6-9(8-15)13-11/h6-7,10,15H,2-5,8H2,1H3. The molecule has 1 aliphatic rings. The smallest absolute Gasteiger partial charge is 0.232 e. The van der Waals surface area contributed by atoms with E-state index in [0.717, 1.165) is 12.6 Å². The summed E-state index contributed by atoms with van der Waals surface area (Å²) in [6.45, 7) is 1.40. The van der Waals surface area contributed by atoms with Crippen LogP contribution in [0.2, 0.25) is 0 Å². The van der Waals surface area contributed by atoms with E-state index < -0.39 is 0 Å². The van der Waals surface area contributed by atoms with Crippen molar-refractivity contribution in [1.29, 1.82) is 0 Å². The number of ether oxygens (including phenoxy) is 1. The summed E-state index contributed by atoms with van der Waals surface area (Å²) < 4.78 is 5.47. The van der Waals surface area contributed by atoms with Gasteiger partial charge in [-0.3, -0.25) is 4.98 Å². The van der Waals surface area contributed by atoms with Crippen LogP contribution in [-0.4, -0.2) is 46.2 Å². The molecule has 0 aliphatic heterocycles. The number of rotatable bonds is 6. The maximum atomic E-state index is 8.89. The Bertz CT molecular complexity index is 342. The molecule has 1 aromatic heterocycles. The van der Waals surface area contributed by atoms with E-state index in [1.807, 2.05) is 0 Å². The van der Waals surface area contributed by atoms with Crippen LogP contribution in [0.25, 0.3) is 0 Å². The average molecular weight is 223 g/mol. The van der Waals surface area contributed by atoms with Crippen LogP contribution in [0.4, 0.5) is 0 Å². The molecule has 1 N–H and O–H groups in total. The van der Waals surface area contributed by atoms with Crippen LogP contribution < -0.4 is 4.74 Å². The molecule has 5 nitrogen and oxygen atoms in total. The largest absolute Gasteiger partial charge is 0.475 e. The van der Waals surface area contributed by atoms with Gasteiger partial charge in [-0.15, -0.1) is 0 Å². The fourth-order valence-electron chi connectivity index (χ4n) is 1.52. The van der Waals surface area contributed by atoms with Crippen LogP contribution in [0.3, 0.4) is 0 Å². The minimum Gasteiger partial charge on any atom is -0.475 e. The highest BCUT2D eigenvalue weighted by molar-refractivity contribution is 5.07. The van der Waals surface area contributed by atoms with E-state index in [1.165, 1.54) is 19.0 Å². The molecular formula is C11H17N3O2. The molecule has 0 radical (unpaired) electrons. The monoisotopic (exact) mass is 223 g/mol. The second-order valence-corrected chi connectivity index (χ2v) is 4.07. The second kappa shape index (κ2) is 5.23. The maximum absolute atomic E-state index is 8.89. The van der Waals surface area contributed by atoms with Gasteiger partial charge in [0.15, 0.2) is 0 Å². The predicted molar refractivity (Wildman–Crippen MR) is 59.1 cm³/mol. The molecule has 5 heteroatoms. The van der Waals surface area contributed by atoms with Gasteiger partial charge in [-0.05, 0) is 19.9 Å². The van der Waals surface area contributed by atoms with E-state index in [9.17, 15) is 0 Å². The zero-order valence-corrected chi connectivity index (χ0v) is 9.46. The van der Waals surface area contributed by atoms with Gasteiger partial charge >= 0.3 is 0 Å². The van der Waals surface area contributed by atoms with Crippen LogP contribution in [0.1, 0.15) is 18.5 Å². The van der Waals surface area contributed by atoms with Crippen molar-refractivity contribution in [3.05, 3.63) is 18.1 Å². The highest BCUT2D eigenvalue weighted by atomic mass is 16.5. The third-order valence-electron chi connectivity index (χ3n) is 2.69. The summed E-state index contributed by atoms with van der Waals surface area (Å²) in [5, 5.41) is 8.89. The number of aliphatic hydroxyl groups excluding tert-OH is 1. The average Bonchev–Trinajstić information content (AvgIpc) is 3.13. The Hall–Kier alpha value is -1.20. The fraction of sp³-hybridized carbons (Fsp3) is 0.636. The van der Waals surface area contributed by atoms with Gasteiger partial charge < -0.3 is 14.7 Å². The lowest BCUT2D eigenvalue weighted by Gasteiger charge is -2.15. The molecule has 0 aromatic carbocycles. The van der Waals surface area contributed by atoms with E-state index >= 15 is 0 Å². The summed E-state index contributed by atoms with van der Waals surface area (Å²) in [7, 11) is 2.11. The Morgan fingerprint density at radius 1 is 1.50 bits per heavy atom. The number of hydrogen-bond donors (Lipinski definition) is 1. The van der Waals surface area contributed by atoms with Gasteiger partial charge in [0.1, 0.15) is 6.61 Å². The van der Waals surface area contributed by atoms with Crippen molar-refractivity contribution in [3.8, 4) is 5.88 Å². The third-order valence-corrected chi connectivity index (χ3v) is 2.69. The van der Waals surface area contributed by atoms with Gasteiger partial charge in [-0.25, -0.2) is 4.98 Å². The first-order valence-corrected chi connectivity index (χ1v) is 5.54. The van der Waals surface area contributed by atoms with Gasteiger partial charge in [-0.2, -0.15) is 0 Å². The molecule has 0 amide bonds. The molecule has 0 saturated heterocycles. The molecule has 1 fully saturated rings. The molecule has 1 aromatic rings. The summed E-state index contributed by atoms with van der Waals surface area (Å²) in [5.41, 5.74) is 0.535. The Balaban J connectivity index is 1.75. The molecule has 0 unspecified atom stereocenters. The second-order valence-electron chi connectivity index (χ2n) is 4.07. The lowest BCUT2D eigenvalue weighted by atomic mass is 10.5. The Labute approximate surface area is 95.1 Å². The summed E-state index contributed by atoms with van der Waals surface area (Å²) in [6.07, 6.45) is 5.70. The summed E-state index contributed by atoms with van der Waals surface area (Å²) >= 11 is 0. The first kappa shape index (κ1) is 11.3. The molecule has 88 valence electrons. The van der Waals surface area contributed by atoms with Gasteiger partial charge in [0.05, 0.1) is 24.7 Å². The normalized spacial score (nSPS) is 15.4. The lowest BCUT2D eigenvalue weighted by molar-refractivity contribution is 0.223. The van der Waals surface area contributed by atoms with Crippen LogP contribution in [0, 0.1) is 0 Å². The van der Waals surface area contributed by atoms with Crippen molar-refractivity contribution in [1.82, 2.24) is 14.9 Å². The quantitative estimate of drug-likeness (QED) is 0.758. The summed E-state index contributed by atoms with van der Waals surface area (Å²) in [5.74, 6) is 0.482. The molecule has 0 spiro atoms. The van der Waals surface area contributed by atoms with Gasteiger partial charge in [0.2, 0.25) is 5.88 Å². The third kappa shape index (κ3) is 3.15. The molecule has 16 heavy (non-hydrogen) atoms. The van der Waals surface area contributed by atoms with Crippen LogP contribution in [-0.2, 0) is 6.61 Å². The molecule has 1 aliphatic carbocycles. The van der Waals surface area contributed by atoms with Crippen molar-refractivity contribution in [2.45, 2.75) is 25.5 Å². The zero-order chi connectivity index (χ0) is 11.4. The molecule has 0 atom stereocenters.